The average molecular weight is 297 g/mol. The number of hydrogen-bond donors (Lipinski definition) is 3. The zero-order chi connectivity index (χ0) is 15.7. The summed E-state index contributed by atoms with van der Waals surface area (Å²) in [6, 6.07) is -2.32. The van der Waals surface area contributed by atoms with Crippen LogP contribution in [0.5, 0.6) is 0 Å². The van der Waals surface area contributed by atoms with Crippen LogP contribution in [0.15, 0.2) is 0 Å². The highest BCUT2D eigenvalue weighted by atomic mass is 16.4. The number of nitrogens with zero attached hydrogens (tertiary/aromatic N) is 1. The van der Waals surface area contributed by atoms with Crippen molar-refractivity contribution in [2.75, 3.05) is 6.54 Å². The lowest BCUT2D eigenvalue weighted by Crippen LogP contribution is -2.55. The van der Waals surface area contributed by atoms with Crippen molar-refractivity contribution in [3.05, 3.63) is 0 Å². The van der Waals surface area contributed by atoms with Gasteiger partial charge in [-0.1, -0.05) is 20.3 Å². The molecule has 21 heavy (non-hydrogen) atoms. The van der Waals surface area contributed by atoms with E-state index in [0.29, 0.717) is 6.54 Å². The van der Waals surface area contributed by atoms with Gasteiger partial charge in [-0.3, -0.25) is 4.79 Å². The Morgan fingerprint density at radius 1 is 1.29 bits per heavy atom. The van der Waals surface area contributed by atoms with Crippen molar-refractivity contribution < 1.29 is 19.5 Å². The van der Waals surface area contributed by atoms with Gasteiger partial charge >= 0.3 is 12.0 Å². The van der Waals surface area contributed by atoms with Crippen LogP contribution in [0.3, 0.4) is 0 Å². The Morgan fingerprint density at radius 3 is 2.48 bits per heavy atom. The van der Waals surface area contributed by atoms with Crippen LogP contribution < -0.4 is 11.1 Å². The average Bonchev–Trinajstić information content (AvgIpc) is 2.93. The molecule has 1 aliphatic heterocycles. The molecule has 4 atom stereocenters. The second-order valence-electron chi connectivity index (χ2n) is 6.36. The molecule has 0 aromatic heterocycles. The van der Waals surface area contributed by atoms with E-state index < -0.39 is 24.1 Å². The Hall–Kier alpha value is -1.79. The first-order chi connectivity index (χ1) is 9.82. The molecule has 118 valence electrons. The van der Waals surface area contributed by atoms with E-state index in [2.05, 4.69) is 5.32 Å². The lowest BCUT2D eigenvalue weighted by Gasteiger charge is -2.30. The molecular weight excluding hydrogens is 274 g/mol. The highest BCUT2D eigenvalue weighted by Gasteiger charge is 2.50. The highest BCUT2D eigenvalue weighted by Crippen LogP contribution is 2.42. The Morgan fingerprint density at radius 2 is 1.95 bits per heavy atom. The number of nitrogens with one attached hydrogen (secondary N) is 1. The van der Waals surface area contributed by atoms with Gasteiger partial charge in [0.25, 0.3) is 0 Å². The second kappa shape index (κ2) is 5.91. The van der Waals surface area contributed by atoms with Crippen LogP contribution in [0.25, 0.3) is 0 Å². The Kier molecular flexibility index (Phi) is 4.39. The van der Waals surface area contributed by atoms with Crippen molar-refractivity contribution >= 4 is 17.9 Å². The zero-order valence-electron chi connectivity index (χ0n) is 12.4. The number of urea groups is 1. The molecule has 7 heteroatoms. The summed E-state index contributed by atoms with van der Waals surface area (Å²) < 4.78 is 0. The van der Waals surface area contributed by atoms with Crippen LogP contribution in [0.4, 0.5) is 4.79 Å². The summed E-state index contributed by atoms with van der Waals surface area (Å²) in [5.74, 6) is -1.16. The lowest BCUT2D eigenvalue weighted by molar-refractivity contribution is -0.150. The van der Waals surface area contributed by atoms with E-state index in [1.165, 1.54) is 4.90 Å². The molecule has 0 radical (unpaired) electrons. The molecule has 7 nitrogen and oxygen atoms in total. The number of carboxylic acids is 1. The van der Waals surface area contributed by atoms with Crippen molar-refractivity contribution in [1.82, 2.24) is 10.2 Å². The number of fused-ring (bicyclic) bond motifs is 1. The maximum atomic E-state index is 12.7. The van der Waals surface area contributed by atoms with E-state index in [1.54, 1.807) is 13.8 Å². The van der Waals surface area contributed by atoms with Crippen LogP contribution in [0, 0.1) is 17.8 Å². The normalized spacial score (nSPS) is 29.3. The highest BCUT2D eigenvalue weighted by molar-refractivity contribution is 5.90. The second-order valence-corrected chi connectivity index (χ2v) is 6.36. The van der Waals surface area contributed by atoms with Crippen LogP contribution in [0.2, 0.25) is 0 Å². The predicted octanol–water partition coefficient (Wildman–Crippen LogP) is 0.391. The lowest BCUT2D eigenvalue weighted by atomic mass is 9.94. The van der Waals surface area contributed by atoms with E-state index in [-0.39, 0.29) is 23.7 Å². The third kappa shape index (κ3) is 2.96. The maximum absolute atomic E-state index is 12.7. The topological polar surface area (TPSA) is 113 Å². The van der Waals surface area contributed by atoms with Gasteiger partial charge in [0, 0.05) is 6.54 Å². The van der Waals surface area contributed by atoms with Gasteiger partial charge in [-0.05, 0) is 30.6 Å². The monoisotopic (exact) mass is 297 g/mol. The third-order valence-corrected chi connectivity index (χ3v) is 4.66. The number of rotatable bonds is 4. The number of aliphatic carboxylic acids is 1. The number of carboxylic acid groups (broad SMARTS) is 1. The summed E-state index contributed by atoms with van der Waals surface area (Å²) in [6.07, 6.45) is 2.84. The molecule has 0 aromatic carbocycles. The fourth-order valence-corrected chi connectivity index (χ4v) is 3.69. The fourth-order valence-electron chi connectivity index (χ4n) is 3.69. The van der Waals surface area contributed by atoms with E-state index in [4.69, 9.17) is 5.73 Å². The number of amides is 3. The molecule has 2 rings (SSSR count). The van der Waals surface area contributed by atoms with Gasteiger partial charge < -0.3 is 21.1 Å². The SMILES string of the molecule is CC(C)C(NC(N)=O)C(=O)N1CC2CCCC2C1C(=O)O. The van der Waals surface area contributed by atoms with Gasteiger partial charge in [-0.2, -0.15) is 0 Å². The van der Waals surface area contributed by atoms with Crippen molar-refractivity contribution in [1.29, 1.82) is 0 Å². The van der Waals surface area contributed by atoms with Gasteiger partial charge in [0.2, 0.25) is 5.91 Å². The Balaban J connectivity index is 2.20. The van der Waals surface area contributed by atoms with Crippen molar-refractivity contribution in [3.63, 3.8) is 0 Å². The molecular formula is C14H23N3O4. The van der Waals surface area contributed by atoms with E-state index >= 15 is 0 Å². The molecule has 3 amide bonds. The standard InChI is InChI=1S/C14H23N3O4/c1-7(2)10(16-14(15)21)12(18)17-6-8-4-3-5-9(8)11(17)13(19)20/h7-11H,3-6H2,1-2H3,(H,19,20)(H3,15,16,21). The molecule has 0 spiro atoms. The Labute approximate surface area is 123 Å². The smallest absolute Gasteiger partial charge is 0.326 e. The molecule has 1 heterocycles. The van der Waals surface area contributed by atoms with Gasteiger partial charge in [-0.25, -0.2) is 9.59 Å². The van der Waals surface area contributed by atoms with Crippen LogP contribution in [-0.2, 0) is 9.59 Å². The predicted molar refractivity (Wildman–Crippen MR) is 75.3 cm³/mol. The molecule has 1 saturated heterocycles. The third-order valence-electron chi connectivity index (χ3n) is 4.66. The minimum atomic E-state index is -0.959. The number of carbonyl (C=O) groups excluding carboxylic acids is 2. The number of likely N-dealkylation sites (tertiary alicyclic amines) is 1. The summed E-state index contributed by atoms with van der Waals surface area (Å²) in [4.78, 5) is 36.7. The fraction of sp³-hybridized carbons (Fsp3) is 0.786. The first kappa shape index (κ1) is 15.6. The zero-order valence-corrected chi connectivity index (χ0v) is 12.4. The number of nitrogens with two attached hydrogens (primary N) is 1. The van der Waals surface area contributed by atoms with Crippen molar-refractivity contribution in [3.8, 4) is 0 Å². The number of carbonyl (C=O) groups is 3. The number of primary amides is 1. The van der Waals surface area contributed by atoms with Crippen LogP contribution in [-0.4, -0.2) is 46.5 Å². The van der Waals surface area contributed by atoms with Gasteiger partial charge in [0.15, 0.2) is 0 Å². The molecule has 1 saturated carbocycles. The van der Waals surface area contributed by atoms with Gasteiger partial charge in [0.05, 0.1) is 0 Å². The molecule has 1 aliphatic carbocycles. The summed E-state index contributed by atoms with van der Waals surface area (Å²) in [6.45, 7) is 4.06. The first-order valence-electron chi connectivity index (χ1n) is 7.42. The van der Waals surface area contributed by atoms with E-state index in [1.807, 2.05) is 0 Å². The Bertz CT molecular complexity index is 452. The largest absolute Gasteiger partial charge is 0.480 e. The maximum Gasteiger partial charge on any atom is 0.326 e. The quantitative estimate of drug-likeness (QED) is 0.696. The molecule has 4 unspecified atom stereocenters. The van der Waals surface area contributed by atoms with Crippen LogP contribution >= 0.6 is 0 Å². The van der Waals surface area contributed by atoms with Crippen molar-refractivity contribution in [2.45, 2.75) is 45.2 Å². The van der Waals surface area contributed by atoms with Crippen molar-refractivity contribution in [2.24, 2.45) is 23.5 Å². The molecule has 0 aromatic rings. The summed E-state index contributed by atoms with van der Waals surface area (Å²) >= 11 is 0. The minimum absolute atomic E-state index is 0.0350. The molecule has 2 aliphatic rings. The summed E-state index contributed by atoms with van der Waals surface area (Å²) in [7, 11) is 0. The summed E-state index contributed by atoms with van der Waals surface area (Å²) in [5.41, 5.74) is 5.12. The summed E-state index contributed by atoms with van der Waals surface area (Å²) in [5, 5.41) is 11.9. The van der Waals surface area contributed by atoms with E-state index in [0.717, 1.165) is 19.3 Å². The van der Waals surface area contributed by atoms with Gasteiger partial charge in [0.1, 0.15) is 12.1 Å². The number of hydrogen-bond acceptors (Lipinski definition) is 3. The van der Waals surface area contributed by atoms with E-state index in [9.17, 15) is 19.5 Å². The molecule has 2 fully saturated rings. The first-order valence-corrected chi connectivity index (χ1v) is 7.42. The van der Waals surface area contributed by atoms with Crippen LogP contribution in [0.1, 0.15) is 33.1 Å². The molecule has 4 N–H and O–H groups in total. The molecule has 0 bridgehead atoms. The minimum Gasteiger partial charge on any atom is -0.480 e. The van der Waals surface area contributed by atoms with Gasteiger partial charge in [-0.15, -0.1) is 0 Å².